The number of halogens is 3. The average Bonchev–Trinajstić information content (AvgIpc) is 2.59. The van der Waals surface area contributed by atoms with E-state index in [1.165, 1.54) is 10.6 Å². The van der Waals surface area contributed by atoms with Crippen LogP contribution in [0.15, 0.2) is 18.5 Å². The number of imidazole rings is 1. The molecule has 0 spiro atoms. The van der Waals surface area contributed by atoms with Crippen molar-refractivity contribution in [2.75, 3.05) is 0 Å². The van der Waals surface area contributed by atoms with E-state index in [1.54, 1.807) is 0 Å². The predicted octanol–water partition coefficient (Wildman–Crippen LogP) is 0.776. The maximum Gasteiger partial charge on any atom is 0.433 e. The van der Waals surface area contributed by atoms with Crippen LogP contribution < -0.4 is 5.73 Å². The van der Waals surface area contributed by atoms with Gasteiger partial charge in [-0.2, -0.15) is 13.2 Å². The molecule has 0 unspecified atom stereocenters. The number of alkyl halides is 3. The van der Waals surface area contributed by atoms with Gasteiger partial charge in [0.15, 0.2) is 0 Å². The lowest BCUT2D eigenvalue weighted by atomic mass is 10.3. The van der Waals surface area contributed by atoms with Crippen LogP contribution in [0.4, 0.5) is 13.2 Å². The van der Waals surface area contributed by atoms with Crippen LogP contribution in [0.5, 0.6) is 0 Å². The second-order valence-corrected chi connectivity index (χ2v) is 3.37. The first-order chi connectivity index (χ1) is 7.88. The van der Waals surface area contributed by atoms with E-state index >= 15 is 0 Å². The number of rotatable bonds is 2. The lowest BCUT2D eigenvalue weighted by Crippen LogP contribution is -2.15. The summed E-state index contributed by atoms with van der Waals surface area (Å²) in [5.74, 6) is -0.706. The highest BCUT2D eigenvalue weighted by molar-refractivity contribution is 5.76. The number of hydrogen-bond donors (Lipinski definition) is 1. The summed E-state index contributed by atoms with van der Waals surface area (Å²) in [6.07, 6.45) is -2.19. The van der Waals surface area contributed by atoms with E-state index in [2.05, 4.69) is 9.97 Å². The minimum absolute atomic E-state index is 0.103. The maximum atomic E-state index is 12.4. The van der Waals surface area contributed by atoms with Gasteiger partial charge >= 0.3 is 6.18 Å². The molecule has 0 atom stereocenters. The van der Waals surface area contributed by atoms with Gasteiger partial charge in [0.1, 0.15) is 5.69 Å². The Hall–Kier alpha value is -2.12. The third-order valence-corrected chi connectivity index (χ3v) is 2.10. The summed E-state index contributed by atoms with van der Waals surface area (Å²) in [6, 6.07) is 0.819. The molecule has 2 aromatic rings. The summed E-state index contributed by atoms with van der Waals surface area (Å²) >= 11 is 0. The van der Waals surface area contributed by atoms with E-state index in [0.29, 0.717) is 5.69 Å². The van der Waals surface area contributed by atoms with Crippen LogP contribution >= 0.6 is 0 Å². The van der Waals surface area contributed by atoms with Crippen LogP contribution in [0.1, 0.15) is 11.4 Å². The van der Waals surface area contributed by atoms with Crippen LogP contribution in [0, 0.1) is 0 Å². The summed E-state index contributed by atoms with van der Waals surface area (Å²) in [7, 11) is 0. The first-order valence-corrected chi connectivity index (χ1v) is 4.56. The molecule has 90 valence electrons. The molecule has 2 aromatic heterocycles. The van der Waals surface area contributed by atoms with Gasteiger partial charge in [-0.1, -0.05) is 0 Å². The summed E-state index contributed by atoms with van der Waals surface area (Å²) in [5.41, 5.74) is 4.36. The Morgan fingerprint density at radius 2 is 2.18 bits per heavy atom. The van der Waals surface area contributed by atoms with Crippen LogP contribution in [0.3, 0.4) is 0 Å². The Kier molecular flexibility index (Phi) is 2.49. The summed E-state index contributed by atoms with van der Waals surface area (Å²) in [6.45, 7) is 0. The minimum Gasteiger partial charge on any atom is -0.369 e. The summed E-state index contributed by atoms with van der Waals surface area (Å²) < 4.78 is 38.4. The number of primary amides is 1. The smallest absolute Gasteiger partial charge is 0.369 e. The molecule has 0 aliphatic heterocycles. The van der Waals surface area contributed by atoms with Gasteiger partial charge in [0, 0.05) is 6.20 Å². The number of nitrogens with zero attached hydrogens (tertiary/aromatic N) is 3. The number of nitrogens with two attached hydrogens (primary N) is 1. The molecule has 2 N–H and O–H groups in total. The first-order valence-electron chi connectivity index (χ1n) is 4.56. The zero-order valence-electron chi connectivity index (χ0n) is 8.40. The first kappa shape index (κ1) is 11.4. The Balaban J connectivity index is 2.48. The highest BCUT2D eigenvalue weighted by Crippen LogP contribution is 2.27. The predicted molar refractivity (Wildman–Crippen MR) is 50.9 cm³/mol. The van der Waals surface area contributed by atoms with E-state index in [4.69, 9.17) is 5.73 Å². The molecule has 0 saturated carbocycles. The highest BCUT2D eigenvalue weighted by Gasteiger charge is 2.32. The van der Waals surface area contributed by atoms with Crippen LogP contribution in [0.25, 0.3) is 5.78 Å². The fourth-order valence-corrected chi connectivity index (χ4v) is 1.39. The minimum atomic E-state index is -4.52. The fourth-order valence-electron chi connectivity index (χ4n) is 1.39. The molecule has 0 bridgehead atoms. The molecule has 0 aromatic carbocycles. The number of carbonyl (C=O) groups is 1. The third kappa shape index (κ3) is 2.19. The van der Waals surface area contributed by atoms with E-state index < -0.39 is 17.8 Å². The van der Waals surface area contributed by atoms with Gasteiger partial charge in [-0.15, -0.1) is 0 Å². The molecule has 5 nitrogen and oxygen atoms in total. The number of carbonyl (C=O) groups excluding carboxylic acids is 1. The van der Waals surface area contributed by atoms with Crippen molar-refractivity contribution in [2.24, 2.45) is 5.73 Å². The van der Waals surface area contributed by atoms with Crippen molar-refractivity contribution < 1.29 is 18.0 Å². The van der Waals surface area contributed by atoms with Crippen molar-refractivity contribution >= 4 is 11.7 Å². The van der Waals surface area contributed by atoms with E-state index in [1.807, 2.05) is 0 Å². The zero-order valence-corrected chi connectivity index (χ0v) is 8.40. The zero-order chi connectivity index (χ0) is 12.6. The van der Waals surface area contributed by atoms with E-state index in [-0.39, 0.29) is 12.2 Å². The monoisotopic (exact) mass is 244 g/mol. The quantitative estimate of drug-likeness (QED) is 0.848. The topological polar surface area (TPSA) is 73.3 Å². The van der Waals surface area contributed by atoms with Crippen molar-refractivity contribution in [3.63, 3.8) is 0 Å². The van der Waals surface area contributed by atoms with Gasteiger partial charge in [0.2, 0.25) is 11.7 Å². The molecule has 8 heteroatoms. The van der Waals surface area contributed by atoms with Crippen LogP contribution in [0.2, 0.25) is 0 Å². The number of fused-ring (bicyclic) bond motifs is 1. The molecule has 17 heavy (non-hydrogen) atoms. The Morgan fingerprint density at radius 3 is 2.76 bits per heavy atom. The van der Waals surface area contributed by atoms with Crippen LogP contribution in [-0.2, 0) is 17.4 Å². The maximum absolute atomic E-state index is 12.4. The molecular weight excluding hydrogens is 237 g/mol. The van der Waals surface area contributed by atoms with Crippen molar-refractivity contribution in [1.82, 2.24) is 14.4 Å². The lowest BCUT2D eigenvalue weighted by Gasteiger charge is -2.05. The van der Waals surface area contributed by atoms with Crippen molar-refractivity contribution in [3.05, 3.63) is 29.8 Å². The molecule has 2 heterocycles. The van der Waals surface area contributed by atoms with Gasteiger partial charge in [-0.25, -0.2) is 9.97 Å². The third-order valence-electron chi connectivity index (χ3n) is 2.10. The van der Waals surface area contributed by atoms with Gasteiger partial charge in [0.05, 0.1) is 18.3 Å². The van der Waals surface area contributed by atoms with Gasteiger partial charge in [0.25, 0.3) is 0 Å². The molecule has 0 saturated heterocycles. The largest absolute Gasteiger partial charge is 0.433 e. The Labute approximate surface area is 93.1 Å². The van der Waals surface area contributed by atoms with Gasteiger partial charge in [-0.3, -0.25) is 9.20 Å². The van der Waals surface area contributed by atoms with E-state index in [0.717, 1.165) is 12.3 Å². The van der Waals surface area contributed by atoms with E-state index in [9.17, 15) is 18.0 Å². The number of amides is 1. The Morgan fingerprint density at radius 1 is 1.47 bits per heavy atom. The lowest BCUT2D eigenvalue weighted by molar-refractivity contribution is -0.141. The summed E-state index contributed by atoms with van der Waals surface area (Å²) in [5, 5.41) is 0. The molecule has 0 fully saturated rings. The molecule has 0 radical (unpaired) electrons. The van der Waals surface area contributed by atoms with Gasteiger partial charge < -0.3 is 5.73 Å². The SMILES string of the molecule is NC(=O)Cc1cnc2nc(C(F)(F)F)ccn12. The summed E-state index contributed by atoms with van der Waals surface area (Å²) in [4.78, 5) is 17.8. The number of hydrogen-bond acceptors (Lipinski definition) is 3. The average molecular weight is 244 g/mol. The van der Waals surface area contributed by atoms with Crippen molar-refractivity contribution in [2.45, 2.75) is 12.6 Å². The highest BCUT2D eigenvalue weighted by atomic mass is 19.4. The van der Waals surface area contributed by atoms with Gasteiger partial charge in [-0.05, 0) is 6.07 Å². The second kappa shape index (κ2) is 3.72. The standard InChI is InChI=1S/C9H7F3N4O/c10-9(11,12)6-1-2-16-5(3-7(13)17)4-14-8(16)15-6/h1-2,4H,3H2,(H2,13,17). The second-order valence-electron chi connectivity index (χ2n) is 3.37. The molecule has 1 amide bonds. The molecule has 0 aliphatic carbocycles. The molecule has 0 aliphatic rings. The van der Waals surface area contributed by atoms with Crippen LogP contribution in [-0.4, -0.2) is 20.3 Å². The fraction of sp³-hybridized carbons (Fsp3) is 0.222. The van der Waals surface area contributed by atoms with Crippen molar-refractivity contribution in [1.29, 1.82) is 0 Å². The number of aromatic nitrogens is 3. The van der Waals surface area contributed by atoms with Crippen molar-refractivity contribution in [3.8, 4) is 0 Å². The normalized spacial score (nSPS) is 11.9. The Bertz CT molecular complexity index is 575. The molecule has 2 rings (SSSR count). The molecular formula is C9H7F3N4O.